The van der Waals surface area contributed by atoms with Gasteiger partial charge in [0.15, 0.2) is 0 Å². The molecular weight excluding hydrogens is 384 g/mol. The van der Waals surface area contributed by atoms with Gasteiger partial charge in [-0.3, -0.25) is 0 Å². The fraction of sp³-hybridized carbons (Fsp3) is 0.500. The molecule has 158 valence electrons. The third-order valence-corrected chi connectivity index (χ3v) is 5.07. The summed E-state index contributed by atoms with van der Waals surface area (Å²) in [5.74, 6) is -1.76. The molecule has 3 rings (SSSR count). The van der Waals surface area contributed by atoms with Gasteiger partial charge in [0, 0.05) is 24.5 Å². The Morgan fingerprint density at radius 1 is 1.31 bits per heavy atom. The zero-order valence-electron chi connectivity index (χ0n) is 16.3. The predicted octanol–water partition coefficient (Wildman–Crippen LogP) is 1.00. The first-order valence-corrected chi connectivity index (χ1v) is 9.15. The molecule has 1 aromatic rings. The van der Waals surface area contributed by atoms with Crippen LogP contribution in [-0.4, -0.2) is 65.4 Å². The smallest absolute Gasteiger partial charge is 0.344 e. The Bertz CT molecular complexity index is 833. The number of esters is 2. The van der Waals surface area contributed by atoms with Gasteiger partial charge >= 0.3 is 11.9 Å². The molecule has 0 saturated carbocycles. The fourth-order valence-corrected chi connectivity index (χ4v) is 3.39. The lowest BCUT2D eigenvalue weighted by Crippen LogP contribution is -2.49. The van der Waals surface area contributed by atoms with Crippen molar-refractivity contribution >= 4 is 11.9 Å². The van der Waals surface area contributed by atoms with Crippen molar-refractivity contribution in [1.82, 2.24) is 0 Å². The van der Waals surface area contributed by atoms with Gasteiger partial charge in [-0.15, -0.1) is 0 Å². The Hall–Kier alpha value is -2.62. The lowest BCUT2D eigenvalue weighted by Gasteiger charge is -2.27. The first-order chi connectivity index (χ1) is 13.7. The molecule has 2 heterocycles. The van der Waals surface area contributed by atoms with Crippen molar-refractivity contribution < 1.29 is 43.9 Å². The second-order valence-electron chi connectivity index (χ2n) is 7.13. The Morgan fingerprint density at radius 3 is 2.69 bits per heavy atom. The van der Waals surface area contributed by atoms with E-state index in [0.29, 0.717) is 11.3 Å². The number of hydrogen-bond donors (Lipinski definition) is 3. The van der Waals surface area contributed by atoms with E-state index in [1.807, 2.05) is 0 Å². The number of cyclic esters (lactones) is 1. The number of benzene rings is 1. The van der Waals surface area contributed by atoms with E-state index in [0.717, 1.165) is 13.2 Å². The number of epoxide rings is 1. The number of aliphatic hydroxyl groups is 2. The van der Waals surface area contributed by atoms with E-state index in [-0.39, 0.29) is 24.2 Å². The van der Waals surface area contributed by atoms with Gasteiger partial charge in [-0.25, -0.2) is 9.59 Å². The van der Waals surface area contributed by atoms with Crippen molar-refractivity contribution in [2.75, 3.05) is 14.2 Å². The van der Waals surface area contributed by atoms with E-state index in [1.165, 1.54) is 19.3 Å². The minimum atomic E-state index is -2.28. The van der Waals surface area contributed by atoms with Crippen LogP contribution in [0.25, 0.3) is 0 Å². The van der Waals surface area contributed by atoms with Gasteiger partial charge in [0.25, 0.3) is 0 Å². The monoisotopic (exact) mass is 408 g/mol. The lowest BCUT2D eigenvalue weighted by molar-refractivity contribution is -0.167. The molecule has 0 bridgehead atoms. The number of carbonyl (C=O) groups is 2. The lowest BCUT2D eigenvalue weighted by atomic mass is 9.90. The highest BCUT2D eigenvalue weighted by atomic mass is 16.6. The molecule has 0 amide bonds. The van der Waals surface area contributed by atoms with E-state index in [1.54, 1.807) is 13.0 Å². The Labute approximate surface area is 167 Å². The number of ether oxygens (including phenoxy) is 4. The van der Waals surface area contributed by atoms with Crippen LogP contribution in [-0.2, 0) is 19.0 Å². The van der Waals surface area contributed by atoms with Crippen molar-refractivity contribution in [1.29, 1.82) is 0 Å². The zero-order valence-corrected chi connectivity index (χ0v) is 16.3. The van der Waals surface area contributed by atoms with Crippen LogP contribution in [0.3, 0.4) is 0 Å². The summed E-state index contributed by atoms with van der Waals surface area (Å²) >= 11 is 0. The normalized spacial score (nSPS) is 31.8. The van der Waals surface area contributed by atoms with Gasteiger partial charge in [0.1, 0.15) is 29.3 Å². The van der Waals surface area contributed by atoms with E-state index < -0.39 is 42.0 Å². The molecule has 2 aliphatic heterocycles. The number of phenolic OH excluding ortho intramolecular Hbond substituents is 1. The first-order valence-electron chi connectivity index (χ1n) is 9.15. The largest absolute Gasteiger partial charge is 0.507 e. The minimum absolute atomic E-state index is 0.0499. The number of aromatic hydroxyl groups is 1. The van der Waals surface area contributed by atoms with Crippen LogP contribution in [0.1, 0.15) is 41.8 Å². The molecule has 0 aliphatic carbocycles. The fourth-order valence-electron chi connectivity index (χ4n) is 3.39. The van der Waals surface area contributed by atoms with Crippen LogP contribution in [0.15, 0.2) is 24.3 Å². The maximum atomic E-state index is 12.7. The Morgan fingerprint density at radius 2 is 2.03 bits per heavy atom. The summed E-state index contributed by atoms with van der Waals surface area (Å²) in [6.45, 7) is 1.62. The third kappa shape index (κ3) is 4.07. The average molecular weight is 408 g/mol. The van der Waals surface area contributed by atoms with Crippen LogP contribution < -0.4 is 4.74 Å². The molecule has 9 nitrogen and oxygen atoms in total. The number of methoxy groups -OCH3 is 2. The highest BCUT2D eigenvalue weighted by Crippen LogP contribution is 2.47. The molecule has 1 fully saturated rings. The van der Waals surface area contributed by atoms with Crippen molar-refractivity contribution in [2.45, 2.75) is 49.8 Å². The quantitative estimate of drug-likeness (QED) is 0.372. The molecule has 0 radical (unpaired) electrons. The molecule has 9 heteroatoms. The van der Waals surface area contributed by atoms with Crippen LogP contribution in [0.2, 0.25) is 0 Å². The standard InChI is InChI=1S/C20H24O9/c1-10-5-4-6-20(25,19(24)27-3)15(22)9-14-17(29-14)12-7-11(26-2)8-13(21)16(12)18(23)28-10/h4,6-8,10,14-15,17,21-22,25H,5,9H2,1-3H3/t10-,14+,15?,17+,20?/m0/s1. The third-order valence-electron chi connectivity index (χ3n) is 5.07. The summed E-state index contributed by atoms with van der Waals surface area (Å²) in [6, 6.07) is 2.84. The number of hydrogen-bond acceptors (Lipinski definition) is 9. The second kappa shape index (κ2) is 8.02. The van der Waals surface area contributed by atoms with E-state index >= 15 is 0 Å². The first kappa shape index (κ1) is 21.1. The summed E-state index contributed by atoms with van der Waals surface area (Å²) in [5, 5.41) is 31.6. The Balaban J connectivity index is 2.02. The number of phenols is 1. The van der Waals surface area contributed by atoms with Crippen molar-refractivity contribution in [3.8, 4) is 11.5 Å². The maximum Gasteiger partial charge on any atom is 0.344 e. The average Bonchev–Trinajstić information content (AvgIpc) is 3.44. The molecule has 1 aromatic carbocycles. The van der Waals surface area contributed by atoms with Crippen molar-refractivity contribution in [2.24, 2.45) is 0 Å². The van der Waals surface area contributed by atoms with E-state index in [9.17, 15) is 24.9 Å². The van der Waals surface area contributed by atoms with Gasteiger partial charge in [-0.05, 0) is 19.1 Å². The van der Waals surface area contributed by atoms with Gasteiger partial charge in [0.2, 0.25) is 5.60 Å². The number of carbonyl (C=O) groups excluding carboxylic acids is 2. The van der Waals surface area contributed by atoms with Crippen LogP contribution in [0.5, 0.6) is 11.5 Å². The molecule has 0 spiro atoms. The van der Waals surface area contributed by atoms with Gasteiger partial charge in [-0.2, -0.15) is 0 Å². The number of fused-ring (bicyclic) bond motifs is 3. The summed E-state index contributed by atoms with van der Waals surface area (Å²) in [6.07, 6.45) is -0.802. The second-order valence-corrected chi connectivity index (χ2v) is 7.13. The summed E-state index contributed by atoms with van der Waals surface area (Å²) in [4.78, 5) is 24.8. The summed E-state index contributed by atoms with van der Waals surface area (Å²) < 4.78 is 20.7. The molecule has 3 N–H and O–H groups in total. The summed E-state index contributed by atoms with van der Waals surface area (Å²) in [7, 11) is 2.52. The van der Waals surface area contributed by atoms with Gasteiger partial charge in [0.05, 0.1) is 26.4 Å². The van der Waals surface area contributed by atoms with E-state index in [2.05, 4.69) is 4.74 Å². The molecule has 2 aliphatic rings. The van der Waals surface area contributed by atoms with E-state index in [4.69, 9.17) is 14.2 Å². The SMILES string of the molecule is COC(=O)C1(O)C=CC[C@H](C)OC(=O)c2c(O)cc(OC)cc2[C@H]2O[C@@H]2CC1O. The molecule has 5 atom stereocenters. The highest BCUT2D eigenvalue weighted by Gasteiger charge is 2.50. The van der Waals surface area contributed by atoms with Crippen molar-refractivity contribution in [3.63, 3.8) is 0 Å². The molecule has 2 unspecified atom stereocenters. The predicted molar refractivity (Wildman–Crippen MR) is 98.5 cm³/mol. The number of rotatable bonds is 2. The zero-order chi connectivity index (χ0) is 21.3. The number of aliphatic hydroxyl groups excluding tert-OH is 1. The van der Waals surface area contributed by atoms with Gasteiger partial charge < -0.3 is 34.3 Å². The Kier molecular flexibility index (Phi) is 5.83. The van der Waals surface area contributed by atoms with Crippen LogP contribution in [0, 0.1) is 0 Å². The molecular formula is C20H24O9. The van der Waals surface area contributed by atoms with Crippen LogP contribution in [0.4, 0.5) is 0 Å². The molecule has 1 saturated heterocycles. The van der Waals surface area contributed by atoms with Crippen LogP contribution >= 0.6 is 0 Å². The van der Waals surface area contributed by atoms with Gasteiger partial charge in [-0.1, -0.05) is 6.08 Å². The van der Waals surface area contributed by atoms with Crippen molar-refractivity contribution in [3.05, 3.63) is 35.4 Å². The molecule has 0 aromatic heterocycles. The molecule has 29 heavy (non-hydrogen) atoms. The summed E-state index contributed by atoms with van der Waals surface area (Å²) in [5.41, 5.74) is -1.99. The highest BCUT2D eigenvalue weighted by molar-refractivity contribution is 5.95. The minimum Gasteiger partial charge on any atom is -0.507 e. The maximum absolute atomic E-state index is 12.7. The topological polar surface area (TPSA) is 135 Å².